The number of rotatable bonds is 3. The van der Waals surface area contributed by atoms with Gasteiger partial charge in [0.25, 0.3) is 5.91 Å². The normalized spacial score (nSPS) is 9.68. The fraction of sp³-hybridized carbons (Fsp3) is 0.0714. The molecule has 4 nitrogen and oxygen atoms in total. The van der Waals surface area contributed by atoms with E-state index in [1.807, 2.05) is 6.07 Å². The predicted octanol–water partition coefficient (Wildman–Crippen LogP) is 2.65. The number of hydrogen-bond acceptors (Lipinski definition) is 3. The average Bonchev–Trinajstić information content (AvgIpc) is 2.46. The molecule has 0 atom stereocenters. The summed E-state index contributed by atoms with van der Waals surface area (Å²) in [6.45, 7) is 0.367. The van der Waals surface area contributed by atoms with E-state index in [4.69, 9.17) is 5.26 Å². The Kier molecular flexibility index (Phi) is 4.26. The molecule has 1 amide bonds. The number of amides is 1. The topological polar surface area (TPSA) is 65.8 Å². The fourth-order valence-corrected chi connectivity index (χ4v) is 1.77. The Morgan fingerprint density at radius 2 is 2.21 bits per heavy atom. The minimum Gasteiger partial charge on any atom is -0.347 e. The van der Waals surface area contributed by atoms with Crippen molar-refractivity contribution in [2.45, 2.75) is 6.54 Å². The summed E-state index contributed by atoms with van der Waals surface area (Å²) in [6.07, 6.45) is 1.57. The van der Waals surface area contributed by atoms with E-state index in [2.05, 4.69) is 32.3 Å². The number of nitriles is 1. The first-order chi connectivity index (χ1) is 9.19. The van der Waals surface area contributed by atoms with Crippen LogP contribution >= 0.6 is 15.9 Å². The molecule has 0 aliphatic rings. The van der Waals surface area contributed by atoms with Crippen molar-refractivity contribution in [2.75, 3.05) is 0 Å². The number of carbonyl (C=O) groups excluding carboxylic acids is 1. The highest BCUT2D eigenvalue weighted by atomic mass is 79.9. The molecule has 1 heterocycles. The van der Waals surface area contributed by atoms with Gasteiger partial charge in [0, 0.05) is 17.2 Å². The van der Waals surface area contributed by atoms with Gasteiger partial charge in [0.2, 0.25) is 0 Å². The second-order valence-corrected chi connectivity index (χ2v) is 4.77. The van der Waals surface area contributed by atoms with E-state index in [1.165, 1.54) is 0 Å². The van der Waals surface area contributed by atoms with Crippen LogP contribution < -0.4 is 5.32 Å². The quantitative estimate of drug-likeness (QED) is 0.946. The molecule has 0 fully saturated rings. The van der Waals surface area contributed by atoms with Gasteiger partial charge in [-0.2, -0.15) is 5.26 Å². The average molecular weight is 316 g/mol. The smallest absolute Gasteiger partial charge is 0.270 e. The molecule has 0 unspecified atom stereocenters. The molecule has 2 rings (SSSR count). The number of hydrogen-bond donors (Lipinski definition) is 1. The highest BCUT2D eigenvalue weighted by Gasteiger charge is 2.06. The molecule has 0 radical (unpaired) electrons. The Morgan fingerprint density at radius 1 is 1.37 bits per heavy atom. The van der Waals surface area contributed by atoms with E-state index >= 15 is 0 Å². The number of carbonyl (C=O) groups is 1. The van der Waals surface area contributed by atoms with Gasteiger partial charge in [-0.1, -0.05) is 12.1 Å². The third-order valence-electron chi connectivity index (χ3n) is 2.47. The van der Waals surface area contributed by atoms with E-state index in [1.54, 1.807) is 36.5 Å². The van der Waals surface area contributed by atoms with E-state index in [9.17, 15) is 4.79 Å². The van der Waals surface area contributed by atoms with E-state index in [-0.39, 0.29) is 5.91 Å². The largest absolute Gasteiger partial charge is 0.347 e. The lowest BCUT2D eigenvalue weighted by molar-refractivity contribution is 0.0946. The predicted molar refractivity (Wildman–Crippen MR) is 74.3 cm³/mol. The van der Waals surface area contributed by atoms with Crippen LogP contribution in [0, 0.1) is 11.3 Å². The van der Waals surface area contributed by atoms with Crippen molar-refractivity contribution in [3.63, 3.8) is 0 Å². The SMILES string of the molecule is N#Cc1cccc(CNC(=O)c2ccc(Br)cn2)c1. The third kappa shape index (κ3) is 3.63. The van der Waals surface area contributed by atoms with Gasteiger partial charge < -0.3 is 5.32 Å². The van der Waals surface area contributed by atoms with Crippen LogP contribution in [0.2, 0.25) is 0 Å². The summed E-state index contributed by atoms with van der Waals surface area (Å²) in [4.78, 5) is 15.8. The van der Waals surface area contributed by atoms with Gasteiger partial charge >= 0.3 is 0 Å². The van der Waals surface area contributed by atoms with Crippen LogP contribution in [0.25, 0.3) is 0 Å². The Hall–Kier alpha value is -2.19. The van der Waals surface area contributed by atoms with Crippen molar-refractivity contribution in [3.8, 4) is 6.07 Å². The summed E-state index contributed by atoms with van der Waals surface area (Å²) in [6, 6.07) is 12.6. The van der Waals surface area contributed by atoms with Gasteiger partial charge in [0.15, 0.2) is 0 Å². The summed E-state index contributed by atoms with van der Waals surface area (Å²) in [5, 5.41) is 11.6. The second-order valence-electron chi connectivity index (χ2n) is 3.86. The maximum atomic E-state index is 11.8. The molecular weight excluding hydrogens is 306 g/mol. The lowest BCUT2D eigenvalue weighted by Crippen LogP contribution is -2.23. The van der Waals surface area contributed by atoms with Crippen LogP contribution in [0.3, 0.4) is 0 Å². The molecule has 2 aromatic rings. The highest BCUT2D eigenvalue weighted by molar-refractivity contribution is 9.10. The summed E-state index contributed by atoms with van der Waals surface area (Å²) in [5.41, 5.74) is 1.82. The summed E-state index contributed by atoms with van der Waals surface area (Å²) in [7, 11) is 0. The van der Waals surface area contributed by atoms with Gasteiger partial charge in [-0.15, -0.1) is 0 Å². The number of nitrogens with zero attached hydrogens (tertiary/aromatic N) is 2. The van der Waals surface area contributed by atoms with Crippen LogP contribution in [0.4, 0.5) is 0 Å². The molecule has 0 spiro atoms. The molecule has 0 saturated carbocycles. The molecule has 0 aliphatic heterocycles. The molecule has 0 aliphatic carbocycles. The second kappa shape index (κ2) is 6.12. The van der Waals surface area contributed by atoms with Crippen LogP contribution in [-0.2, 0) is 6.54 Å². The molecule has 1 aromatic heterocycles. The number of benzene rings is 1. The molecule has 1 N–H and O–H groups in total. The van der Waals surface area contributed by atoms with Crippen molar-refractivity contribution < 1.29 is 4.79 Å². The zero-order chi connectivity index (χ0) is 13.7. The Morgan fingerprint density at radius 3 is 2.89 bits per heavy atom. The Labute approximate surface area is 119 Å². The highest BCUT2D eigenvalue weighted by Crippen LogP contribution is 2.08. The van der Waals surface area contributed by atoms with Crippen LogP contribution in [0.15, 0.2) is 47.1 Å². The van der Waals surface area contributed by atoms with Crippen LogP contribution in [-0.4, -0.2) is 10.9 Å². The monoisotopic (exact) mass is 315 g/mol. The molecule has 5 heteroatoms. The number of halogens is 1. The standard InChI is InChI=1S/C14H10BrN3O/c15-12-4-5-13(17-9-12)14(19)18-8-11-3-1-2-10(6-11)7-16/h1-6,9H,8H2,(H,18,19). The van der Waals surface area contributed by atoms with Crippen molar-refractivity contribution in [1.82, 2.24) is 10.3 Å². The Balaban J connectivity index is 2.00. The molecule has 94 valence electrons. The van der Waals surface area contributed by atoms with Gasteiger partial charge in [-0.25, -0.2) is 4.98 Å². The first kappa shape index (κ1) is 13.2. The molecule has 1 aromatic carbocycles. The van der Waals surface area contributed by atoms with Crippen molar-refractivity contribution >= 4 is 21.8 Å². The Bertz CT molecular complexity index is 632. The molecule has 0 saturated heterocycles. The van der Waals surface area contributed by atoms with Gasteiger partial charge in [-0.3, -0.25) is 4.79 Å². The minimum atomic E-state index is -0.241. The third-order valence-corrected chi connectivity index (χ3v) is 2.94. The van der Waals surface area contributed by atoms with Crippen molar-refractivity contribution in [1.29, 1.82) is 5.26 Å². The van der Waals surface area contributed by atoms with Gasteiger partial charge in [0.05, 0.1) is 11.6 Å². The molecular formula is C14H10BrN3O. The number of pyridine rings is 1. The lowest BCUT2D eigenvalue weighted by atomic mass is 10.1. The van der Waals surface area contributed by atoms with Crippen molar-refractivity contribution in [2.24, 2.45) is 0 Å². The summed E-state index contributed by atoms with van der Waals surface area (Å²) < 4.78 is 0.825. The van der Waals surface area contributed by atoms with Crippen molar-refractivity contribution in [3.05, 3.63) is 63.9 Å². The first-order valence-electron chi connectivity index (χ1n) is 5.58. The number of aromatic nitrogens is 1. The molecule has 19 heavy (non-hydrogen) atoms. The number of nitrogens with one attached hydrogen (secondary N) is 1. The summed E-state index contributed by atoms with van der Waals surface area (Å²) in [5.74, 6) is -0.241. The van der Waals surface area contributed by atoms with E-state index in [0.717, 1.165) is 10.0 Å². The minimum absolute atomic E-state index is 0.241. The van der Waals surface area contributed by atoms with E-state index in [0.29, 0.717) is 17.8 Å². The van der Waals surface area contributed by atoms with Crippen LogP contribution in [0.5, 0.6) is 0 Å². The fourth-order valence-electron chi connectivity index (χ4n) is 1.53. The maximum Gasteiger partial charge on any atom is 0.270 e. The van der Waals surface area contributed by atoms with Gasteiger partial charge in [0.1, 0.15) is 5.69 Å². The lowest BCUT2D eigenvalue weighted by Gasteiger charge is -2.05. The van der Waals surface area contributed by atoms with Gasteiger partial charge in [-0.05, 0) is 45.8 Å². The zero-order valence-corrected chi connectivity index (χ0v) is 11.5. The van der Waals surface area contributed by atoms with E-state index < -0.39 is 0 Å². The molecule has 0 bridgehead atoms. The summed E-state index contributed by atoms with van der Waals surface area (Å²) >= 11 is 3.26. The van der Waals surface area contributed by atoms with Crippen LogP contribution in [0.1, 0.15) is 21.6 Å². The first-order valence-corrected chi connectivity index (χ1v) is 6.37. The maximum absolute atomic E-state index is 11.8. The zero-order valence-electron chi connectivity index (χ0n) is 9.93.